The Kier molecular flexibility index (Phi) is 7.11. The quantitative estimate of drug-likeness (QED) is 0.431. The third-order valence-corrected chi connectivity index (χ3v) is 6.07. The third-order valence-electron chi connectivity index (χ3n) is 4.54. The molecule has 2 aromatic carbocycles. The summed E-state index contributed by atoms with van der Waals surface area (Å²) in [5, 5.41) is 6.51. The number of sulfonamides is 1. The number of hydrogen-bond donors (Lipinski definition) is 3. The average Bonchev–Trinajstić information content (AvgIpc) is 3.53. The predicted molar refractivity (Wildman–Crippen MR) is 114 cm³/mol. The van der Waals surface area contributed by atoms with E-state index >= 15 is 0 Å². The summed E-state index contributed by atoms with van der Waals surface area (Å²) >= 11 is 0. The molecule has 0 aromatic heterocycles. The zero-order valence-electron chi connectivity index (χ0n) is 16.8. The van der Waals surface area contributed by atoms with Crippen molar-refractivity contribution in [1.29, 1.82) is 0 Å². The van der Waals surface area contributed by atoms with Gasteiger partial charge in [0.1, 0.15) is 5.75 Å². The highest BCUT2D eigenvalue weighted by Crippen LogP contribution is 2.22. The van der Waals surface area contributed by atoms with E-state index in [0.717, 1.165) is 29.7 Å². The lowest BCUT2D eigenvalue weighted by atomic mass is 10.2. The highest BCUT2D eigenvalue weighted by Gasteiger charge is 2.27. The van der Waals surface area contributed by atoms with E-state index in [1.54, 1.807) is 19.2 Å². The van der Waals surface area contributed by atoms with Crippen molar-refractivity contribution in [3.05, 3.63) is 59.7 Å². The Hall–Kier alpha value is -2.58. The molecule has 0 radical (unpaired) electrons. The van der Waals surface area contributed by atoms with Gasteiger partial charge < -0.3 is 15.4 Å². The lowest BCUT2D eigenvalue weighted by Crippen LogP contribution is -2.36. The van der Waals surface area contributed by atoms with Crippen LogP contribution < -0.4 is 20.1 Å². The molecule has 3 N–H and O–H groups in total. The van der Waals surface area contributed by atoms with Crippen LogP contribution in [-0.4, -0.2) is 34.1 Å². The van der Waals surface area contributed by atoms with Gasteiger partial charge in [-0.25, -0.2) is 13.1 Å². The molecular weight excluding hydrogens is 388 g/mol. The number of benzene rings is 2. The van der Waals surface area contributed by atoms with Crippen LogP contribution in [0.3, 0.4) is 0 Å². The summed E-state index contributed by atoms with van der Waals surface area (Å²) < 4.78 is 32.8. The van der Waals surface area contributed by atoms with Crippen LogP contribution >= 0.6 is 0 Å². The fourth-order valence-corrected chi connectivity index (χ4v) is 4.11. The molecule has 1 aliphatic carbocycles. The van der Waals surface area contributed by atoms with Crippen molar-refractivity contribution in [1.82, 2.24) is 15.4 Å². The van der Waals surface area contributed by atoms with Crippen molar-refractivity contribution < 1.29 is 13.2 Å². The van der Waals surface area contributed by atoms with E-state index in [9.17, 15) is 8.42 Å². The average molecular weight is 417 g/mol. The first-order valence-electron chi connectivity index (χ1n) is 9.78. The fourth-order valence-electron chi connectivity index (χ4n) is 2.81. The second kappa shape index (κ2) is 9.76. The highest BCUT2D eigenvalue weighted by molar-refractivity contribution is 7.89. The summed E-state index contributed by atoms with van der Waals surface area (Å²) in [6.45, 7) is 3.69. The zero-order valence-corrected chi connectivity index (χ0v) is 17.6. The fraction of sp³-hybridized carbons (Fsp3) is 0.381. The SMILES string of the molecule is CCOc1ccccc1CNC(=NC)NCc1ccc(S(=O)(=O)NC2CC2)cc1. The maximum Gasteiger partial charge on any atom is 0.240 e. The van der Waals surface area contributed by atoms with Gasteiger partial charge in [-0.2, -0.15) is 0 Å². The number of ether oxygens (including phenoxy) is 1. The molecule has 0 aliphatic heterocycles. The summed E-state index contributed by atoms with van der Waals surface area (Å²) in [5.74, 6) is 1.51. The summed E-state index contributed by atoms with van der Waals surface area (Å²) in [5.41, 5.74) is 2.02. The van der Waals surface area contributed by atoms with Gasteiger partial charge in [0, 0.05) is 31.7 Å². The molecule has 0 spiro atoms. The van der Waals surface area contributed by atoms with Crippen molar-refractivity contribution in [2.24, 2.45) is 4.99 Å². The van der Waals surface area contributed by atoms with Gasteiger partial charge in [0.15, 0.2) is 5.96 Å². The molecular formula is C21H28N4O3S. The van der Waals surface area contributed by atoms with Crippen LogP contribution in [0.15, 0.2) is 58.4 Å². The Morgan fingerprint density at radius 1 is 1.07 bits per heavy atom. The van der Waals surface area contributed by atoms with Crippen molar-refractivity contribution in [2.75, 3.05) is 13.7 Å². The Bertz CT molecular complexity index is 939. The Morgan fingerprint density at radius 3 is 2.41 bits per heavy atom. The van der Waals surface area contributed by atoms with Gasteiger partial charge in [-0.05, 0) is 43.5 Å². The van der Waals surface area contributed by atoms with Crippen molar-refractivity contribution in [3.8, 4) is 5.75 Å². The van der Waals surface area contributed by atoms with Gasteiger partial charge in [-0.1, -0.05) is 30.3 Å². The molecule has 1 aliphatic rings. The van der Waals surface area contributed by atoms with Crippen LogP contribution in [0.2, 0.25) is 0 Å². The number of aliphatic imine (C=N–C) groups is 1. The van der Waals surface area contributed by atoms with E-state index in [1.165, 1.54) is 0 Å². The molecule has 0 bridgehead atoms. The smallest absolute Gasteiger partial charge is 0.240 e. The van der Waals surface area contributed by atoms with Gasteiger partial charge >= 0.3 is 0 Å². The Balaban J connectivity index is 1.53. The number of nitrogens with zero attached hydrogens (tertiary/aromatic N) is 1. The zero-order chi connectivity index (χ0) is 20.7. The Morgan fingerprint density at radius 2 is 1.76 bits per heavy atom. The lowest BCUT2D eigenvalue weighted by molar-refractivity contribution is 0.336. The van der Waals surface area contributed by atoms with Gasteiger partial charge in [0.25, 0.3) is 0 Å². The molecule has 2 aromatic rings. The van der Waals surface area contributed by atoms with Crippen LogP contribution in [0.1, 0.15) is 30.9 Å². The van der Waals surface area contributed by atoms with E-state index in [-0.39, 0.29) is 6.04 Å². The van der Waals surface area contributed by atoms with E-state index in [2.05, 4.69) is 20.3 Å². The van der Waals surface area contributed by atoms with Gasteiger partial charge in [-0.15, -0.1) is 0 Å². The molecule has 3 rings (SSSR count). The largest absolute Gasteiger partial charge is 0.494 e. The van der Waals surface area contributed by atoms with Crippen LogP contribution in [0.25, 0.3) is 0 Å². The molecule has 0 heterocycles. The van der Waals surface area contributed by atoms with E-state index in [4.69, 9.17) is 4.74 Å². The molecule has 0 amide bonds. The first-order valence-corrected chi connectivity index (χ1v) is 11.3. The van der Waals surface area contributed by atoms with Gasteiger partial charge in [0.05, 0.1) is 11.5 Å². The number of nitrogens with one attached hydrogen (secondary N) is 3. The van der Waals surface area contributed by atoms with E-state index < -0.39 is 10.0 Å². The van der Waals surface area contributed by atoms with Crippen LogP contribution in [0.4, 0.5) is 0 Å². The standard InChI is InChI=1S/C21H28N4O3S/c1-3-28-20-7-5-4-6-17(20)15-24-21(22-2)23-14-16-8-12-19(13-9-16)29(26,27)25-18-10-11-18/h4-9,12-13,18,25H,3,10-11,14-15H2,1-2H3,(H2,22,23,24). The minimum Gasteiger partial charge on any atom is -0.494 e. The normalized spacial score (nSPS) is 14.5. The molecule has 0 atom stereocenters. The van der Waals surface area contributed by atoms with Gasteiger partial charge in [-0.3, -0.25) is 4.99 Å². The first kappa shape index (κ1) is 21.1. The third kappa shape index (κ3) is 6.20. The van der Waals surface area contributed by atoms with Crippen molar-refractivity contribution >= 4 is 16.0 Å². The highest BCUT2D eigenvalue weighted by atomic mass is 32.2. The number of rotatable bonds is 9. The topological polar surface area (TPSA) is 91.8 Å². The maximum absolute atomic E-state index is 12.2. The minimum atomic E-state index is -3.42. The summed E-state index contributed by atoms with van der Waals surface area (Å²) in [6.07, 6.45) is 1.84. The molecule has 7 nitrogen and oxygen atoms in total. The summed E-state index contributed by atoms with van der Waals surface area (Å²) in [6, 6.07) is 14.9. The lowest BCUT2D eigenvalue weighted by Gasteiger charge is -2.14. The monoisotopic (exact) mass is 416 g/mol. The van der Waals surface area contributed by atoms with Crippen LogP contribution in [0.5, 0.6) is 5.75 Å². The number of guanidine groups is 1. The van der Waals surface area contributed by atoms with Crippen LogP contribution in [-0.2, 0) is 23.1 Å². The number of para-hydroxylation sites is 1. The van der Waals surface area contributed by atoms with E-state index in [1.807, 2.05) is 43.3 Å². The second-order valence-corrected chi connectivity index (χ2v) is 8.57. The second-order valence-electron chi connectivity index (χ2n) is 6.86. The summed E-state index contributed by atoms with van der Waals surface area (Å²) in [4.78, 5) is 4.53. The molecule has 8 heteroatoms. The summed E-state index contributed by atoms with van der Waals surface area (Å²) in [7, 11) is -1.70. The molecule has 0 saturated heterocycles. The predicted octanol–water partition coefficient (Wildman–Crippen LogP) is 2.39. The molecule has 1 saturated carbocycles. The van der Waals surface area contributed by atoms with Crippen molar-refractivity contribution in [3.63, 3.8) is 0 Å². The number of hydrogen-bond acceptors (Lipinski definition) is 4. The molecule has 156 valence electrons. The van der Waals surface area contributed by atoms with Crippen LogP contribution in [0, 0.1) is 0 Å². The first-order chi connectivity index (χ1) is 14.0. The molecule has 29 heavy (non-hydrogen) atoms. The minimum absolute atomic E-state index is 0.101. The molecule has 1 fully saturated rings. The Labute approximate surface area is 172 Å². The van der Waals surface area contributed by atoms with E-state index in [0.29, 0.717) is 30.6 Å². The maximum atomic E-state index is 12.2. The van der Waals surface area contributed by atoms with Gasteiger partial charge in [0.2, 0.25) is 10.0 Å². The molecule has 0 unspecified atom stereocenters. The van der Waals surface area contributed by atoms with Crippen molar-refractivity contribution in [2.45, 2.75) is 43.8 Å².